The lowest BCUT2D eigenvalue weighted by molar-refractivity contribution is 0.0948. The van der Waals surface area contributed by atoms with Gasteiger partial charge in [0.2, 0.25) is 0 Å². The number of hydrogen-bond donors (Lipinski definition) is 2. The van der Waals surface area contributed by atoms with Crippen molar-refractivity contribution in [1.29, 1.82) is 0 Å². The highest BCUT2D eigenvalue weighted by Crippen LogP contribution is 2.14. The fourth-order valence-electron chi connectivity index (χ4n) is 1.70. The van der Waals surface area contributed by atoms with Crippen molar-refractivity contribution in [2.45, 2.75) is 20.3 Å². The summed E-state index contributed by atoms with van der Waals surface area (Å²) in [5.41, 5.74) is 1.71. The van der Waals surface area contributed by atoms with Crippen molar-refractivity contribution < 1.29 is 4.79 Å². The Balaban J connectivity index is 2.08. The topological polar surface area (TPSA) is 44.9 Å². The number of carbonyl (C=O) groups is 1. The monoisotopic (exact) mass is 230 g/mol. The summed E-state index contributed by atoms with van der Waals surface area (Å²) in [7, 11) is 0. The molecule has 2 aromatic rings. The first-order chi connectivity index (χ1) is 8.20. The minimum Gasteiger partial charge on any atom is -0.361 e. The summed E-state index contributed by atoms with van der Waals surface area (Å²) in [6.07, 6.45) is 2.96. The number of nitrogens with one attached hydrogen (secondary N) is 2. The summed E-state index contributed by atoms with van der Waals surface area (Å²) in [6.45, 7) is 4.99. The molecule has 3 heteroatoms. The first-order valence-corrected chi connectivity index (χ1v) is 6.06. The van der Waals surface area contributed by atoms with Gasteiger partial charge in [-0.05, 0) is 29.5 Å². The van der Waals surface area contributed by atoms with Crippen LogP contribution in [0.3, 0.4) is 0 Å². The predicted octanol–water partition coefficient (Wildman–Crippen LogP) is 2.94. The van der Waals surface area contributed by atoms with Crippen molar-refractivity contribution in [3.8, 4) is 0 Å². The molecule has 0 aliphatic carbocycles. The van der Waals surface area contributed by atoms with Gasteiger partial charge < -0.3 is 10.3 Å². The van der Waals surface area contributed by atoms with E-state index in [1.165, 1.54) is 0 Å². The Kier molecular flexibility index (Phi) is 3.47. The van der Waals surface area contributed by atoms with E-state index >= 15 is 0 Å². The molecule has 0 spiro atoms. The second kappa shape index (κ2) is 5.04. The molecule has 17 heavy (non-hydrogen) atoms. The van der Waals surface area contributed by atoms with Crippen LogP contribution in [-0.2, 0) is 0 Å². The molecule has 1 heterocycles. The molecule has 0 bridgehead atoms. The van der Waals surface area contributed by atoms with Crippen LogP contribution in [0.4, 0.5) is 0 Å². The molecule has 90 valence electrons. The first-order valence-electron chi connectivity index (χ1n) is 6.06. The molecule has 3 nitrogen and oxygen atoms in total. The smallest absolute Gasteiger partial charge is 0.251 e. The molecule has 0 saturated carbocycles. The zero-order valence-corrected chi connectivity index (χ0v) is 10.3. The van der Waals surface area contributed by atoms with E-state index in [1.807, 2.05) is 30.5 Å². The lowest BCUT2D eigenvalue weighted by Gasteiger charge is -2.10. The number of carbonyl (C=O) groups excluding carboxylic acids is 1. The van der Waals surface area contributed by atoms with E-state index in [0.717, 1.165) is 23.9 Å². The number of hydrogen-bond acceptors (Lipinski definition) is 1. The van der Waals surface area contributed by atoms with E-state index in [1.54, 1.807) is 0 Å². The van der Waals surface area contributed by atoms with Gasteiger partial charge in [0.15, 0.2) is 0 Å². The summed E-state index contributed by atoms with van der Waals surface area (Å²) < 4.78 is 0. The van der Waals surface area contributed by atoms with Gasteiger partial charge in [0.1, 0.15) is 0 Å². The van der Waals surface area contributed by atoms with Gasteiger partial charge in [-0.1, -0.05) is 26.3 Å². The molecule has 0 radical (unpaired) electrons. The number of aromatic amines is 1. The van der Waals surface area contributed by atoms with E-state index in [4.69, 9.17) is 0 Å². The van der Waals surface area contributed by atoms with E-state index in [9.17, 15) is 4.79 Å². The maximum Gasteiger partial charge on any atom is 0.251 e. The van der Waals surface area contributed by atoms with E-state index in [-0.39, 0.29) is 5.91 Å². The van der Waals surface area contributed by atoms with Gasteiger partial charge in [-0.2, -0.15) is 0 Å². The van der Waals surface area contributed by atoms with Crippen molar-refractivity contribution in [2.24, 2.45) is 5.92 Å². The quantitative estimate of drug-likeness (QED) is 0.833. The molecule has 1 atom stereocenters. The van der Waals surface area contributed by atoms with Gasteiger partial charge in [0.25, 0.3) is 5.91 Å². The third-order valence-electron chi connectivity index (χ3n) is 3.13. The molecular formula is C14H18N2O. The lowest BCUT2D eigenvalue weighted by Crippen LogP contribution is -2.27. The fraction of sp³-hybridized carbons (Fsp3) is 0.357. The number of amides is 1. The summed E-state index contributed by atoms with van der Waals surface area (Å²) in [5, 5.41) is 4.08. The third kappa shape index (κ3) is 2.67. The summed E-state index contributed by atoms with van der Waals surface area (Å²) in [4.78, 5) is 15.0. The Morgan fingerprint density at radius 2 is 2.24 bits per heavy atom. The van der Waals surface area contributed by atoms with Gasteiger partial charge >= 0.3 is 0 Å². The Bertz CT molecular complexity index is 516. The number of rotatable bonds is 4. The van der Waals surface area contributed by atoms with Crippen molar-refractivity contribution in [1.82, 2.24) is 10.3 Å². The Hall–Kier alpha value is -1.77. The standard InChI is InChI=1S/C14H18N2O/c1-3-10(2)9-16-14(17)12-5-4-11-6-7-15-13(11)8-12/h4-8,10,15H,3,9H2,1-2H3,(H,16,17). The highest BCUT2D eigenvalue weighted by Gasteiger charge is 2.07. The van der Waals surface area contributed by atoms with Gasteiger partial charge in [-0.3, -0.25) is 4.79 Å². The van der Waals surface area contributed by atoms with E-state index in [2.05, 4.69) is 24.1 Å². The van der Waals surface area contributed by atoms with Gasteiger partial charge in [-0.15, -0.1) is 0 Å². The van der Waals surface area contributed by atoms with E-state index in [0.29, 0.717) is 11.5 Å². The summed E-state index contributed by atoms with van der Waals surface area (Å²) in [6, 6.07) is 7.71. The highest BCUT2D eigenvalue weighted by molar-refractivity contribution is 5.97. The average Bonchev–Trinajstić information content (AvgIpc) is 2.82. The third-order valence-corrected chi connectivity index (χ3v) is 3.13. The Morgan fingerprint density at radius 1 is 1.41 bits per heavy atom. The van der Waals surface area contributed by atoms with Crippen LogP contribution >= 0.6 is 0 Å². The average molecular weight is 230 g/mol. The minimum absolute atomic E-state index is 0.00167. The van der Waals surface area contributed by atoms with Crippen molar-refractivity contribution >= 4 is 16.8 Å². The van der Waals surface area contributed by atoms with Crippen LogP contribution in [0, 0.1) is 5.92 Å². The van der Waals surface area contributed by atoms with Crippen molar-refractivity contribution in [3.63, 3.8) is 0 Å². The van der Waals surface area contributed by atoms with Crippen LogP contribution in [0.1, 0.15) is 30.6 Å². The van der Waals surface area contributed by atoms with E-state index < -0.39 is 0 Å². The molecule has 0 aliphatic rings. The van der Waals surface area contributed by atoms with Gasteiger partial charge in [0, 0.05) is 23.8 Å². The maximum atomic E-state index is 11.9. The zero-order chi connectivity index (χ0) is 12.3. The van der Waals surface area contributed by atoms with Crippen LogP contribution < -0.4 is 5.32 Å². The largest absolute Gasteiger partial charge is 0.361 e. The zero-order valence-electron chi connectivity index (χ0n) is 10.3. The fourth-order valence-corrected chi connectivity index (χ4v) is 1.70. The second-order valence-electron chi connectivity index (χ2n) is 4.50. The number of H-pyrrole nitrogens is 1. The van der Waals surface area contributed by atoms with Crippen LogP contribution in [-0.4, -0.2) is 17.4 Å². The molecule has 0 fully saturated rings. The van der Waals surface area contributed by atoms with Gasteiger partial charge in [-0.25, -0.2) is 0 Å². The molecule has 1 amide bonds. The SMILES string of the molecule is CCC(C)CNC(=O)c1ccc2cc[nH]c2c1. The molecule has 1 aromatic carbocycles. The molecule has 1 unspecified atom stereocenters. The number of aromatic nitrogens is 1. The Labute approximate surface area is 101 Å². The lowest BCUT2D eigenvalue weighted by atomic mass is 10.1. The molecule has 0 saturated heterocycles. The summed E-state index contributed by atoms with van der Waals surface area (Å²) in [5.74, 6) is 0.523. The molecule has 0 aliphatic heterocycles. The predicted molar refractivity (Wildman–Crippen MR) is 70.1 cm³/mol. The molecular weight excluding hydrogens is 212 g/mol. The number of fused-ring (bicyclic) bond motifs is 1. The second-order valence-corrected chi connectivity index (χ2v) is 4.50. The maximum absolute atomic E-state index is 11.9. The van der Waals surface area contributed by atoms with Crippen LogP contribution in [0.5, 0.6) is 0 Å². The normalized spacial score (nSPS) is 12.6. The summed E-state index contributed by atoms with van der Waals surface area (Å²) >= 11 is 0. The van der Waals surface area contributed by atoms with Crippen LogP contribution in [0.15, 0.2) is 30.5 Å². The molecule has 2 N–H and O–H groups in total. The van der Waals surface area contributed by atoms with Crippen LogP contribution in [0.2, 0.25) is 0 Å². The first kappa shape index (κ1) is 11.7. The molecule has 2 rings (SSSR count). The van der Waals surface area contributed by atoms with Crippen molar-refractivity contribution in [3.05, 3.63) is 36.0 Å². The van der Waals surface area contributed by atoms with Gasteiger partial charge in [0.05, 0.1) is 0 Å². The Morgan fingerprint density at radius 3 is 3.00 bits per heavy atom. The van der Waals surface area contributed by atoms with Crippen molar-refractivity contribution in [2.75, 3.05) is 6.54 Å². The van der Waals surface area contributed by atoms with Crippen LogP contribution in [0.25, 0.3) is 10.9 Å². The molecule has 1 aromatic heterocycles. The highest BCUT2D eigenvalue weighted by atomic mass is 16.1. The number of benzene rings is 1. The minimum atomic E-state index is 0.00167.